The lowest BCUT2D eigenvalue weighted by atomic mass is 10.1. The smallest absolute Gasteiger partial charge is 0.251 e. The van der Waals surface area contributed by atoms with Gasteiger partial charge in [0.15, 0.2) is 0 Å². The summed E-state index contributed by atoms with van der Waals surface area (Å²) in [4.78, 5) is 26.5. The first-order valence-electron chi connectivity index (χ1n) is 7.89. The van der Waals surface area contributed by atoms with Crippen molar-refractivity contribution in [2.24, 2.45) is 0 Å². The molecule has 0 saturated carbocycles. The molecule has 122 valence electrons. The summed E-state index contributed by atoms with van der Waals surface area (Å²) in [6, 6.07) is 8.34. The Hall–Kier alpha value is -1.88. The van der Waals surface area contributed by atoms with Gasteiger partial charge < -0.3 is 15.3 Å². The summed E-state index contributed by atoms with van der Waals surface area (Å²) in [7, 11) is 0. The summed E-state index contributed by atoms with van der Waals surface area (Å²) >= 11 is 0. The predicted octanol–water partition coefficient (Wildman–Crippen LogP) is 1.82. The summed E-state index contributed by atoms with van der Waals surface area (Å²) in [5, 5.41) is 11.7. The number of hydrogen-bond acceptors (Lipinski definition) is 3. The highest BCUT2D eigenvalue weighted by Gasteiger charge is 2.24. The molecule has 2 N–H and O–H groups in total. The van der Waals surface area contributed by atoms with Crippen molar-refractivity contribution in [1.29, 1.82) is 0 Å². The molecular formula is C17H26N2O3. The van der Waals surface area contributed by atoms with Crippen molar-refractivity contribution < 1.29 is 14.7 Å². The van der Waals surface area contributed by atoms with Crippen LogP contribution >= 0.6 is 0 Å². The van der Waals surface area contributed by atoms with E-state index in [1.165, 1.54) is 0 Å². The highest BCUT2D eigenvalue weighted by atomic mass is 16.3. The van der Waals surface area contributed by atoms with Crippen LogP contribution in [0.5, 0.6) is 0 Å². The summed E-state index contributed by atoms with van der Waals surface area (Å²) in [6.45, 7) is 5.18. The van der Waals surface area contributed by atoms with Crippen molar-refractivity contribution in [1.82, 2.24) is 10.2 Å². The molecule has 2 amide bonds. The van der Waals surface area contributed by atoms with Gasteiger partial charge in [0.05, 0.1) is 0 Å². The molecule has 0 spiro atoms. The Morgan fingerprint density at radius 2 is 1.77 bits per heavy atom. The second kappa shape index (κ2) is 9.95. The molecule has 0 saturated heterocycles. The fourth-order valence-electron chi connectivity index (χ4n) is 2.30. The van der Waals surface area contributed by atoms with E-state index in [1.807, 2.05) is 19.9 Å². The van der Waals surface area contributed by atoms with Gasteiger partial charge >= 0.3 is 0 Å². The highest BCUT2D eigenvalue weighted by Crippen LogP contribution is 2.07. The van der Waals surface area contributed by atoms with Gasteiger partial charge in [-0.15, -0.1) is 0 Å². The molecule has 1 aromatic carbocycles. The Morgan fingerprint density at radius 3 is 2.32 bits per heavy atom. The highest BCUT2D eigenvalue weighted by molar-refractivity contribution is 5.97. The van der Waals surface area contributed by atoms with Crippen LogP contribution in [0.15, 0.2) is 30.3 Å². The summed E-state index contributed by atoms with van der Waals surface area (Å²) in [5.41, 5.74) is 0.544. The number of nitrogens with zero attached hydrogens (tertiary/aromatic N) is 1. The van der Waals surface area contributed by atoms with Crippen molar-refractivity contribution in [3.63, 3.8) is 0 Å². The summed E-state index contributed by atoms with van der Waals surface area (Å²) in [6.07, 6.45) is 1.86. The van der Waals surface area contributed by atoms with Crippen LogP contribution in [0.25, 0.3) is 0 Å². The average molecular weight is 306 g/mol. The molecule has 1 aromatic rings. The fourth-order valence-corrected chi connectivity index (χ4v) is 2.30. The van der Waals surface area contributed by atoms with Crippen LogP contribution in [0.3, 0.4) is 0 Å². The molecule has 1 rings (SSSR count). The first-order valence-corrected chi connectivity index (χ1v) is 7.89. The average Bonchev–Trinajstić information content (AvgIpc) is 2.55. The molecule has 0 unspecified atom stereocenters. The van der Waals surface area contributed by atoms with Crippen molar-refractivity contribution in [2.75, 3.05) is 19.7 Å². The van der Waals surface area contributed by atoms with E-state index in [4.69, 9.17) is 5.11 Å². The standard InChI is InChI=1S/C17H26N2O3/c1-3-19(4-2)17(22)15(12-8-9-13-20)18-16(21)14-10-6-5-7-11-14/h5-7,10-11,15,20H,3-4,8-9,12-13H2,1-2H3,(H,18,21)/t15-/m0/s1. The van der Waals surface area contributed by atoms with Crippen molar-refractivity contribution >= 4 is 11.8 Å². The van der Waals surface area contributed by atoms with Crippen LogP contribution in [0.2, 0.25) is 0 Å². The zero-order chi connectivity index (χ0) is 16.4. The summed E-state index contributed by atoms with van der Waals surface area (Å²) < 4.78 is 0. The van der Waals surface area contributed by atoms with Crippen LogP contribution < -0.4 is 5.32 Å². The number of nitrogens with one attached hydrogen (secondary N) is 1. The minimum atomic E-state index is -0.542. The number of unbranched alkanes of at least 4 members (excludes halogenated alkanes) is 1. The van der Waals surface area contributed by atoms with Crippen molar-refractivity contribution in [3.05, 3.63) is 35.9 Å². The zero-order valence-electron chi connectivity index (χ0n) is 13.4. The van der Waals surface area contributed by atoms with Gasteiger partial charge in [-0.25, -0.2) is 0 Å². The molecular weight excluding hydrogens is 280 g/mol. The van der Waals surface area contributed by atoms with E-state index in [0.717, 1.165) is 0 Å². The lowest BCUT2D eigenvalue weighted by molar-refractivity contribution is -0.133. The predicted molar refractivity (Wildman–Crippen MR) is 86.6 cm³/mol. The van der Waals surface area contributed by atoms with Gasteiger partial charge in [0.25, 0.3) is 5.91 Å². The van der Waals surface area contributed by atoms with Crippen LogP contribution in [0, 0.1) is 0 Å². The Morgan fingerprint density at radius 1 is 1.14 bits per heavy atom. The topological polar surface area (TPSA) is 69.6 Å². The van der Waals surface area contributed by atoms with Gasteiger partial charge in [0.1, 0.15) is 6.04 Å². The maximum Gasteiger partial charge on any atom is 0.251 e. The van der Waals surface area contributed by atoms with Gasteiger partial charge in [-0.2, -0.15) is 0 Å². The first-order chi connectivity index (χ1) is 10.6. The van der Waals surface area contributed by atoms with Crippen LogP contribution in [-0.4, -0.2) is 47.6 Å². The molecule has 5 heteroatoms. The first kappa shape index (κ1) is 18.2. The van der Waals surface area contributed by atoms with Crippen LogP contribution in [0.4, 0.5) is 0 Å². The van der Waals surface area contributed by atoms with E-state index >= 15 is 0 Å². The van der Waals surface area contributed by atoms with E-state index in [-0.39, 0.29) is 18.4 Å². The monoisotopic (exact) mass is 306 g/mol. The lowest BCUT2D eigenvalue weighted by Gasteiger charge is -2.26. The number of likely N-dealkylation sites (N-methyl/N-ethyl adjacent to an activating group) is 1. The minimum Gasteiger partial charge on any atom is -0.396 e. The third-order valence-corrected chi connectivity index (χ3v) is 3.62. The maximum atomic E-state index is 12.5. The number of benzene rings is 1. The van der Waals surface area contributed by atoms with Crippen molar-refractivity contribution in [2.45, 2.75) is 39.2 Å². The molecule has 0 heterocycles. The second-order valence-corrected chi connectivity index (χ2v) is 5.12. The number of aliphatic hydroxyl groups is 1. The SMILES string of the molecule is CCN(CC)C(=O)[C@H](CCCCO)NC(=O)c1ccccc1. The van der Waals surface area contributed by atoms with Crippen LogP contribution in [0.1, 0.15) is 43.5 Å². The molecule has 1 atom stereocenters. The zero-order valence-corrected chi connectivity index (χ0v) is 13.4. The van der Waals surface area contributed by atoms with E-state index in [1.54, 1.807) is 29.2 Å². The number of rotatable bonds is 9. The Labute approximate surface area is 132 Å². The van der Waals surface area contributed by atoms with Gasteiger partial charge in [-0.1, -0.05) is 18.2 Å². The van der Waals surface area contributed by atoms with Gasteiger partial charge in [-0.05, 0) is 45.2 Å². The van der Waals surface area contributed by atoms with Gasteiger partial charge in [0.2, 0.25) is 5.91 Å². The number of hydrogen-bond donors (Lipinski definition) is 2. The Bertz CT molecular complexity index is 458. The number of carbonyl (C=O) groups is 2. The lowest BCUT2D eigenvalue weighted by Crippen LogP contribution is -2.48. The minimum absolute atomic E-state index is 0.0628. The third-order valence-electron chi connectivity index (χ3n) is 3.62. The van der Waals surface area contributed by atoms with Gasteiger partial charge in [0, 0.05) is 25.3 Å². The maximum absolute atomic E-state index is 12.5. The normalized spacial score (nSPS) is 11.8. The number of carbonyl (C=O) groups excluding carboxylic acids is 2. The quantitative estimate of drug-likeness (QED) is 0.684. The number of amides is 2. The summed E-state index contributed by atoms with van der Waals surface area (Å²) in [5.74, 6) is -0.303. The van der Waals surface area contributed by atoms with E-state index < -0.39 is 6.04 Å². The number of aliphatic hydroxyl groups excluding tert-OH is 1. The molecule has 0 aliphatic heterocycles. The molecule has 0 aromatic heterocycles. The van der Waals surface area contributed by atoms with Crippen molar-refractivity contribution in [3.8, 4) is 0 Å². The Balaban J connectivity index is 2.76. The molecule has 0 fully saturated rings. The third kappa shape index (κ3) is 5.48. The molecule has 5 nitrogen and oxygen atoms in total. The van der Waals surface area contributed by atoms with E-state index in [0.29, 0.717) is 37.9 Å². The van der Waals surface area contributed by atoms with Gasteiger partial charge in [-0.3, -0.25) is 9.59 Å². The molecule has 0 aliphatic carbocycles. The molecule has 22 heavy (non-hydrogen) atoms. The molecule has 0 radical (unpaired) electrons. The Kier molecular flexibility index (Phi) is 8.22. The van der Waals surface area contributed by atoms with Crippen LogP contribution in [-0.2, 0) is 4.79 Å². The van der Waals surface area contributed by atoms with E-state index in [2.05, 4.69) is 5.32 Å². The molecule has 0 bridgehead atoms. The largest absolute Gasteiger partial charge is 0.396 e. The van der Waals surface area contributed by atoms with E-state index in [9.17, 15) is 9.59 Å². The second-order valence-electron chi connectivity index (χ2n) is 5.12. The molecule has 0 aliphatic rings. The fraction of sp³-hybridized carbons (Fsp3) is 0.529.